The molecular formula is C16H20Cl2N4O3. The Hall–Kier alpha value is -1.73. The van der Waals surface area contributed by atoms with Gasteiger partial charge in [-0.05, 0) is 18.9 Å². The average molecular weight is 387 g/mol. The highest BCUT2D eigenvalue weighted by atomic mass is 35.5. The lowest BCUT2D eigenvalue weighted by Gasteiger charge is -2.35. The van der Waals surface area contributed by atoms with E-state index in [0.717, 1.165) is 12.8 Å². The van der Waals surface area contributed by atoms with E-state index in [9.17, 15) is 9.59 Å². The molecule has 0 aliphatic carbocycles. The Balaban J connectivity index is 1.48. The van der Waals surface area contributed by atoms with Crippen molar-refractivity contribution in [3.63, 3.8) is 0 Å². The van der Waals surface area contributed by atoms with Crippen LogP contribution in [0.4, 0.5) is 4.79 Å². The van der Waals surface area contributed by atoms with Crippen molar-refractivity contribution in [3.8, 4) is 5.88 Å². The minimum absolute atomic E-state index is 0.0421. The van der Waals surface area contributed by atoms with E-state index >= 15 is 0 Å². The zero-order chi connectivity index (χ0) is 18.0. The molecule has 0 unspecified atom stereocenters. The third-order valence-corrected chi connectivity index (χ3v) is 5.06. The maximum Gasteiger partial charge on any atom is 0.317 e. The molecule has 1 N–H and O–H groups in total. The van der Waals surface area contributed by atoms with Crippen LogP contribution in [0.1, 0.15) is 12.8 Å². The number of aromatic nitrogens is 1. The van der Waals surface area contributed by atoms with E-state index in [0.29, 0.717) is 29.7 Å². The van der Waals surface area contributed by atoms with Crippen molar-refractivity contribution in [1.29, 1.82) is 0 Å². The molecule has 2 atom stereocenters. The lowest BCUT2D eigenvalue weighted by molar-refractivity contribution is -0.130. The van der Waals surface area contributed by atoms with E-state index in [1.165, 1.54) is 6.20 Å². The van der Waals surface area contributed by atoms with Gasteiger partial charge in [-0.3, -0.25) is 4.79 Å². The first-order valence-electron chi connectivity index (χ1n) is 8.20. The van der Waals surface area contributed by atoms with Crippen LogP contribution in [0.5, 0.6) is 5.88 Å². The van der Waals surface area contributed by atoms with Crippen LogP contribution in [0.2, 0.25) is 10.0 Å². The van der Waals surface area contributed by atoms with Gasteiger partial charge in [0.1, 0.15) is 11.6 Å². The number of nitrogens with one attached hydrogen (secondary N) is 1. The fourth-order valence-electron chi connectivity index (χ4n) is 3.39. The van der Waals surface area contributed by atoms with E-state index in [2.05, 4.69) is 10.3 Å². The number of carbonyl (C=O) groups excluding carboxylic acids is 2. The molecule has 2 aliphatic rings. The number of amides is 3. The normalized spacial score (nSPS) is 22.8. The highest BCUT2D eigenvalue weighted by Gasteiger charge is 2.45. The van der Waals surface area contributed by atoms with E-state index in [4.69, 9.17) is 27.9 Å². The van der Waals surface area contributed by atoms with Crippen LogP contribution in [0.15, 0.2) is 12.3 Å². The minimum atomic E-state index is -0.170. The number of halogens is 2. The Kier molecular flexibility index (Phi) is 5.54. The van der Waals surface area contributed by atoms with Gasteiger partial charge in [0, 0.05) is 26.3 Å². The highest BCUT2D eigenvalue weighted by Crippen LogP contribution is 2.30. The SMILES string of the molecule is CN1C[C@@H]2[C@@H](CCCN2C(=O)NCCOc2ncc(Cl)cc2Cl)C1=O. The number of urea groups is 1. The number of hydrogen-bond acceptors (Lipinski definition) is 4. The average Bonchev–Trinajstić information content (AvgIpc) is 2.88. The first kappa shape index (κ1) is 18.1. The molecule has 0 spiro atoms. The fourth-order valence-corrected chi connectivity index (χ4v) is 3.83. The second-order valence-corrected chi connectivity index (χ2v) is 7.09. The fraction of sp³-hybridized carbons (Fsp3) is 0.562. The molecular weight excluding hydrogens is 367 g/mol. The van der Waals surface area contributed by atoms with Crippen molar-refractivity contribution in [3.05, 3.63) is 22.3 Å². The lowest BCUT2D eigenvalue weighted by atomic mass is 9.92. The van der Waals surface area contributed by atoms with Gasteiger partial charge in [-0.15, -0.1) is 0 Å². The van der Waals surface area contributed by atoms with Gasteiger partial charge in [-0.1, -0.05) is 23.2 Å². The summed E-state index contributed by atoms with van der Waals surface area (Å²) in [6.45, 7) is 1.81. The van der Waals surface area contributed by atoms with Gasteiger partial charge in [0.05, 0.1) is 23.5 Å². The molecule has 25 heavy (non-hydrogen) atoms. The number of nitrogens with zero attached hydrogens (tertiary/aromatic N) is 3. The van der Waals surface area contributed by atoms with Crippen LogP contribution in [-0.2, 0) is 4.79 Å². The first-order chi connectivity index (χ1) is 12.0. The number of pyridine rings is 1. The maximum atomic E-state index is 12.4. The molecule has 3 rings (SSSR count). The van der Waals surface area contributed by atoms with E-state index in [1.807, 2.05) is 0 Å². The Morgan fingerprint density at radius 2 is 2.28 bits per heavy atom. The van der Waals surface area contributed by atoms with Crippen molar-refractivity contribution in [2.75, 3.05) is 33.3 Å². The third kappa shape index (κ3) is 3.93. The summed E-state index contributed by atoms with van der Waals surface area (Å²) < 4.78 is 5.45. The molecule has 0 saturated carbocycles. The smallest absolute Gasteiger partial charge is 0.317 e. The molecule has 1 aromatic rings. The summed E-state index contributed by atoms with van der Waals surface area (Å²) in [4.78, 5) is 32.0. The summed E-state index contributed by atoms with van der Waals surface area (Å²) in [5.74, 6) is 0.341. The molecule has 1 aromatic heterocycles. The van der Waals surface area contributed by atoms with Crippen molar-refractivity contribution in [2.45, 2.75) is 18.9 Å². The van der Waals surface area contributed by atoms with Gasteiger partial charge in [-0.2, -0.15) is 0 Å². The summed E-state index contributed by atoms with van der Waals surface area (Å²) in [6, 6.07) is 1.34. The number of fused-ring (bicyclic) bond motifs is 1. The van der Waals surface area contributed by atoms with Crippen molar-refractivity contribution >= 4 is 35.1 Å². The van der Waals surface area contributed by atoms with Gasteiger partial charge in [0.25, 0.3) is 0 Å². The van der Waals surface area contributed by atoms with Crippen LogP contribution in [0.3, 0.4) is 0 Å². The monoisotopic (exact) mass is 386 g/mol. The topological polar surface area (TPSA) is 74.8 Å². The van der Waals surface area contributed by atoms with Crippen LogP contribution in [0.25, 0.3) is 0 Å². The van der Waals surface area contributed by atoms with Gasteiger partial charge in [-0.25, -0.2) is 9.78 Å². The molecule has 2 aliphatic heterocycles. The van der Waals surface area contributed by atoms with Crippen LogP contribution < -0.4 is 10.1 Å². The Morgan fingerprint density at radius 1 is 1.48 bits per heavy atom. The number of ether oxygens (including phenoxy) is 1. The minimum Gasteiger partial charge on any atom is -0.475 e. The van der Waals surface area contributed by atoms with Gasteiger partial charge in [0.2, 0.25) is 11.8 Å². The summed E-state index contributed by atoms with van der Waals surface area (Å²) >= 11 is 11.8. The van der Waals surface area contributed by atoms with Gasteiger partial charge < -0.3 is 19.9 Å². The number of likely N-dealkylation sites (N-methyl/N-ethyl adjacent to an activating group) is 1. The van der Waals surface area contributed by atoms with Crippen molar-refractivity contribution < 1.29 is 14.3 Å². The summed E-state index contributed by atoms with van der Waals surface area (Å²) in [5.41, 5.74) is 0. The molecule has 3 amide bonds. The molecule has 136 valence electrons. The second kappa shape index (κ2) is 7.66. The highest BCUT2D eigenvalue weighted by molar-refractivity contribution is 6.35. The zero-order valence-corrected chi connectivity index (χ0v) is 15.4. The maximum absolute atomic E-state index is 12.4. The number of carbonyl (C=O) groups is 2. The molecule has 3 heterocycles. The summed E-state index contributed by atoms with van der Waals surface area (Å²) in [5, 5.41) is 3.59. The Bertz CT molecular complexity index is 673. The Labute approximate surface area is 156 Å². The van der Waals surface area contributed by atoms with Gasteiger partial charge in [0.15, 0.2) is 0 Å². The quantitative estimate of drug-likeness (QED) is 0.803. The van der Waals surface area contributed by atoms with Crippen LogP contribution in [0, 0.1) is 5.92 Å². The molecule has 0 bridgehead atoms. The van der Waals surface area contributed by atoms with Crippen LogP contribution >= 0.6 is 23.2 Å². The third-order valence-electron chi connectivity index (χ3n) is 4.59. The standard InChI is InChI=1S/C16H20Cl2N4O3/c1-21-9-13-11(15(21)23)3-2-5-22(13)16(24)19-4-6-25-14-12(18)7-10(17)8-20-14/h7-8,11,13H,2-6,9H2,1H3,(H,19,24)/t11-,13-/m1/s1. The molecule has 0 radical (unpaired) electrons. The second-order valence-electron chi connectivity index (χ2n) is 6.25. The lowest BCUT2D eigenvalue weighted by Crippen LogP contribution is -2.53. The van der Waals surface area contributed by atoms with Crippen LogP contribution in [-0.4, -0.2) is 66.1 Å². The number of hydrogen-bond donors (Lipinski definition) is 1. The zero-order valence-electron chi connectivity index (χ0n) is 13.9. The number of rotatable bonds is 4. The molecule has 2 fully saturated rings. The number of piperidine rings is 1. The van der Waals surface area contributed by atoms with E-state index in [-0.39, 0.29) is 36.4 Å². The molecule has 2 saturated heterocycles. The predicted molar refractivity (Wildman–Crippen MR) is 94.0 cm³/mol. The van der Waals surface area contributed by atoms with Gasteiger partial charge >= 0.3 is 6.03 Å². The van der Waals surface area contributed by atoms with Crippen molar-refractivity contribution in [2.24, 2.45) is 5.92 Å². The Morgan fingerprint density at radius 3 is 3.04 bits per heavy atom. The van der Waals surface area contributed by atoms with E-state index in [1.54, 1.807) is 22.9 Å². The summed E-state index contributed by atoms with van der Waals surface area (Å²) in [6.07, 6.45) is 3.14. The number of likely N-dealkylation sites (tertiary alicyclic amines) is 2. The largest absolute Gasteiger partial charge is 0.475 e. The summed E-state index contributed by atoms with van der Waals surface area (Å²) in [7, 11) is 1.79. The van der Waals surface area contributed by atoms with E-state index < -0.39 is 0 Å². The molecule has 9 heteroatoms. The molecule has 0 aromatic carbocycles. The molecule has 7 nitrogen and oxygen atoms in total. The predicted octanol–water partition coefficient (Wildman–Crippen LogP) is 2.03. The first-order valence-corrected chi connectivity index (χ1v) is 8.96. The van der Waals surface area contributed by atoms with Crippen molar-refractivity contribution in [1.82, 2.24) is 20.1 Å².